The highest BCUT2D eigenvalue weighted by atomic mass is 19.1. The minimum absolute atomic E-state index is 0.00626. The topological polar surface area (TPSA) is 72.5 Å². The molecule has 0 fully saturated rings. The molecule has 3 N–H and O–H groups in total. The van der Waals surface area contributed by atoms with E-state index in [0.29, 0.717) is 11.3 Å². The summed E-state index contributed by atoms with van der Waals surface area (Å²) in [6.07, 6.45) is 0. The van der Waals surface area contributed by atoms with Gasteiger partial charge in [0.15, 0.2) is 0 Å². The maximum atomic E-state index is 13.1. The first-order valence-electron chi connectivity index (χ1n) is 5.65. The molecule has 0 aliphatic rings. The van der Waals surface area contributed by atoms with Crippen LogP contribution in [0, 0.1) is 11.2 Å². The minimum Gasteiger partial charge on any atom is -0.492 e. The molecule has 5 heteroatoms. The van der Waals surface area contributed by atoms with Crippen molar-refractivity contribution >= 4 is 5.97 Å². The van der Waals surface area contributed by atoms with Crippen molar-refractivity contribution < 1.29 is 19.0 Å². The number of nitrogens with two attached hydrogens (primary N) is 1. The Labute approximate surface area is 106 Å². The lowest BCUT2D eigenvalue weighted by atomic mass is 9.95. The summed E-state index contributed by atoms with van der Waals surface area (Å²) in [4.78, 5) is 11.0. The number of carbonyl (C=O) groups is 1. The zero-order chi connectivity index (χ0) is 13.9. The van der Waals surface area contributed by atoms with Crippen LogP contribution in [-0.4, -0.2) is 17.7 Å². The summed E-state index contributed by atoms with van der Waals surface area (Å²) in [6, 6.07) is 3.64. The van der Waals surface area contributed by atoms with Crippen molar-refractivity contribution in [1.82, 2.24) is 0 Å². The van der Waals surface area contributed by atoms with E-state index in [0.717, 1.165) is 0 Å². The quantitative estimate of drug-likeness (QED) is 0.847. The van der Waals surface area contributed by atoms with Gasteiger partial charge in [0.2, 0.25) is 0 Å². The fourth-order valence-electron chi connectivity index (χ4n) is 1.33. The summed E-state index contributed by atoms with van der Waals surface area (Å²) in [5, 5.41) is 8.98. The summed E-state index contributed by atoms with van der Waals surface area (Å²) in [6.45, 7) is 4.83. The van der Waals surface area contributed by atoms with Gasteiger partial charge in [0.05, 0.1) is 5.41 Å². The standard InChI is InChI=1S/C13H18FNO3/c1-8(15)10-6-9(14)4-5-11(10)18-7-13(2,3)12(16)17/h4-6,8H,7,15H2,1-3H3,(H,16,17)/t8-/m0/s1. The molecule has 0 radical (unpaired) electrons. The first-order valence-corrected chi connectivity index (χ1v) is 5.65. The molecule has 0 aromatic heterocycles. The average Bonchev–Trinajstić information content (AvgIpc) is 2.27. The van der Waals surface area contributed by atoms with Gasteiger partial charge in [0.25, 0.3) is 0 Å². The zero-order valence-corrected chi connectivity index (χ0v) is 10.7. The van der Waals surface area contributed by atoms with Gasteiger partial charge in [-0.15, -0.1) is 0 Å². The third-order valence-corrected chi connectivity index (χ3v) is 2.63. The highest BCUT2D eigenvalue weighted by Crippen LogP contribution is 2.27. The van der Waals surface area contributed by atoms with Gasteiger partial charge < -0.3 is 15.6 Å². The van der Waals surface area contributed by atoms with E-state index in [1.54, 1.807) is 20.8 Å². The van der Waals surface area contributed by atoms with Crippen LogP contribution in [-0.2, 0) is 4.79 Å². The average molecular weight is 255 g/mol. The van der Waals surface area contributed by atoms with Crippen molar-refractivity contribution in [1.29, 1.82) is 0 Å². The predicted octanol–water partition coefficient (Wildman–Crippen LogP) is 2.33. The van der Waals surface area contributed by atoms with Crippen molar-refractivity contribution in [2.24, 2.45) is 11.1 Å². The Morgan fingerprint density at radius 2 is 2.17 bits per heavy atom. The maximum absolute atomic E-state index is 13.1. The molecule has 4 nitrogen and oxygen atoms in total. The predicted molar refractivity (Wildman–Crippen MR) is 65.9 cm³/mol. The molecule has 0 amide bonds. The van der Waals surface area contributed by atoms with E-state index in [4.69, 9.17) is 15.6 Å². The highest BCUT2D eigenvalue weighted by Gasteiger charge is 2.28. The van der Waals surface area contributed by atoms with E-state index in [9.17, 15) is 9.18 Å². The molecule has 0 heterocycles. The summed E-state index contributed by atoms with van der Waals surface area (Å²) in [5.41, 5.74) is 5.23. The molecule has 1 aromatic carbocycles. The number of hydrogen-bond acceptors (Lipinski definition) is 3. The van der Waals surface area contributed by atoms with Gasteiger partial charge in [-0.2, -0.15) is 0 Å². The number of halogens is 1. The van der Waals surface area contributed by atoms with E-state index in [1.165, 1.54) is 18.2 Å². The van der Waals surface area contributed by atoms with E-state index in [2.05, 4.69) is 0 Å². The van der Waals surface area contributed by atoms with Crippen LogP contribution in [0.15, 0.2) is 18.2 Å². The largest absolute Gasteiger partial charge is 0.492 e. The van der Waals surface area contributed by atoms with Crippen LogP contribution in [0.5, 0.6) is 5.75 Å². The maximum Gasteiger partial charge on any atom is 0.312 e. The van der Waals surface area contributed by atoms with Gasteiger partial charge in [0, 0.05) is 11.6 Å². The smallest absolute Gasteiger partial charge is 0.312 e. The van der Waals surface area contributed by atoms with Crippen LogP contribution >= 0.6 is 0 Å². The van der Waals surface area contributed by atoms with Gasteiger partial charge in [-0.25, -0.2) is 4.39 Å². The fourth-order valence-corrected chi connectivity index (χ4v) is 1.33. The molecular weight excluding hydrogens is 237 g/mol. The Hall–Kier alpha value is -1.62. The second-order valence-corrected chi connectivity index (χ2v) is 4.95. The first-order chi connectivity index (χ1) is 8.24. The van der Waals surface area contributed by atoms with Crippen molar-refractivity contribution in [2.75, 3.05) is 6.61 Å². The lowest BCUT2D eigenvalue weighted by Gasteiger charge is -2.21. The lowest BCUT2D eigenvalue weighted by Crippen LogP contribution is -2.31. The van der Waals surface area contributed by atoms with Gasteiger partial charge in [-0.1, -0.05) is 0 Å². The Bertz CT molecular complexity index is 444. The summed E-state index contributed by atoms with van der Waals surface area (Å²) >= 11 is 0. The van der Waals surface area contributed by atoms with E-state index < -0.39 is 17.2 Å². The SMILES string of the molecule is C[C@H](N)c1cc(F)ccc1OCC(C)(C)C(=O)O. The van der Waals surface area contributed by atoms with Crippen LogP contribution < -0.4 is 10.5 Å². The van der Waals surface area contributed by atoms with Gasteiger partial charge in [-0.05, 0) is 39.0 Å². The molecule has 0 aliphatic carbocycles. The lowest BCUT2D eigenvalue weighted by molar-refractivity contribution is -0.148. The van der Waals surface area contributed by atoms with Gasteiger partial charge in [0.1, 0.15) is 18.2 Å². The molecule has 1 atom stereocenters. The third kappa shape index (κ3) is 3.43. The summed E-state index contributed by atoms with van der Waals surface area (Å²) in [5.74, 6) is -0.931. The van der Waals surface area contributed by atoms with E-state index in [-0.39, 0.29) is 12.6 Å². The molecule has 0 spiro atoms. The number of hydrogen-bond donors (Lipinski definition) is 2. The molecule has 0 bridgehead atoms. The normalized spacial score (nSPS) is 13.2. The number of carboxylic acids is 1. The van der Waals surface area contributed by atoms with Crippen LogP contribution in [0.4, 0.5) is 4.39 Å². The first kappa shape index (κ1) is 14.4. The van der Waals surface area contributed by atoms with Gasteiger partial charge >= 0.3 is 5.97 Å². The number of aliphatic carboxylic acids is 1. The number of ether oxygens (including phenoxy) is 1. The van der Waals surface area contributed by atoms with E-state index in [1.807, 2.05) is 0 Å². The van der Waals surface area contributed by atoms with Crippen molar-refractivity contribution in [2.45, 2.75) is 26.8 Å². The van der Waals surface area contributed by atoms with Crippen LogP contribution in [0.3, 0.4) is 0 Å². The van der Waals surface area contributed by atoms with Crippen LogP contribution in [0.1, 0.15) is 32.4 Å². The molecule has 100 valence electrons. The third-order valence-electron chi connectivity index (χ3n) is 2.63. The fraction of sp³-hybridized carbons (Fsp3) is 0.462. The number of benzene rings is 1. The summed E-state index contributed by atoms with van der Waals surface area (Å²) in [7, 11) is 0. The van der Waals surface area contributed by atoms with Crippen LogP contribution in [0.2, 0.25) is 0 Å². The Morgan fingerprint density at radius 1 is 1.56 bits per heavy atom. The Balaban J connectivity index is 2.88. The molecule has 1 aromatic rings. The van der Waals surface area contributed by atoms with Crippen molar-refractivity contribution in [3.05, 3.63) is 29.6 Å². The van der Waals surface area contributed by atoms with Crippen molar-refractivity contribution in [3.63, 3.8) is 0 Å². The molecule has 0 saturated carbocycles. The van der Waals surface area contributed by atoms with Gasteiger partial charge in [-0.3, -0.25) is 4.79 Å². The minimum atomic E-state index is -1.01. The van der Waals surface area contributed by atoms with Crippen LogP contribution in [0.25, 0.3) is 0 Å². The molecule has 0 unspecified atom stereocenters. The molecule has 18 heavy (non-hydrogen) atoms. The molecular formula is C13H18FNO3. The Kier molecular flexibility index (Phi) is 4.29. The highest BCUT2D eigenvalue weighted by molar-refractivity contribution is 5.73. The molecule has 0 aliphatic heterocycles. The second-order valence-electron chi connectivity index (χ2n) is 4.95. The number of carboxylic acid groups (broad SMARTS) is 1. The second kappa shape index (κ2) is 5.35. The molecule has 1 rings (SSSR count). The van der Waals surface area contributed by atoms with Crippen molar-refractivity contribution in [3.8, 4) is 5.75 Å². The monoisotopic (exact) mass is 255 g/mol. The van der Waals surface area contributed by atoms with E-state index >= 15 is 0 Å². The zero-order valence-electron chi connectivity index (χ0n) is 10.7. The summed E-state index contributed by atoms with van der Waals surface area (Å²) < 4.78 is 18.6. The molecule has 0 saturated heterocycles. The Morgan fingerprint density at radius 3 is 2.67 bits per heavy atom. The number of rotatable bonds is 5.